The number of hydrogen-bond donors (Lipinski definition) is 2. The molecule has 1 aromatic carbocycles. The molecule has 0 amide bonds. The molecule has 0 bridgehead atoms. The first-order chi connectivity index (χ1) is 8.43. The van der Waals surface area contributed by atoms with Gasteiger partial charge in [0.05, 0.1) is 0 Å². The lowest BCUT2D eigenvalue weighted by molar-refractivity contribution is 0.340. The van der Waals surface area contributed by atoms with Crippen molar-refractivity contribution < 1.29 is 0 Å². The van der Waals surface area contributed by atoms with Crippen LogP contribution in [0.5, 0.6) is 0 Å². The Bertz CT molecular complexity index is 375. The molecule has 2 N–H and O–H groups in total. The Morgan fingerprint density at radius 2 is 1.89 bits per heavy atom. The summed E-state index contributed by atoms with van der Waals surface area (Å²) in [6.45, 7) is 3.60. The number of aryl methyl sites for hydroxylation is 1. The maximum Gasteiger partial charge on any atom is 0.0326 e. The molecule has 1 aliphatic carbocycles. The van der Waals surface area contributed by atoms with Gasteiger partial charge in [-0.3, -0.25) is 0 Å². The van der Waals surface area contributed by atoms with Crippen LogP contribution < -0.4 is 10.6 Å². The van der Waals surface area contributed by atoms with Crippen LogP contribution in [0.4, 0.5) is 0 Å². The molecule has 0 spiro atoms. The average molecular weight is 267 g/mol. The first-order valence-corrected chi connectivity index (χ1v) is 6.95. The molecule has 0 aromatic heterocycles. The summed E-state index contributed by atoms with van der Waals surface area (Å²) in [5, 5.41) is 7.21. The summed E-state index contributed by atoms with van der Waals surface area (Å²) in [6.07, 6.45) is 5.20. The molecule has 1 unspecified atom stereocenters. The first kappa shape index (κ1) is 13.9. The van der Waals surface area contributed by atoms with Gasteiger partial charge in [0.15, 0.2) is 0 Å². The fourth-order valence-electron chi connectivity index (χ4n) is 3.16. The van der Waals surface area contributed by atoms with E-state index in [0.29, 0.717) is 6.04 Å². The minimum atomic E-state index is 0. The van der Waals surface area contributed by atoms with Crippen LogP contribution in [0.15, 0.2) is 24.3 Å². The molecule has 0 saturated carbocycles. The smallest absolute Gasteiger partial charge is 0.0326 e. The van der Waals surface area contributed by atoms with Crippen molar-refractivity contribution in [3.63, 3.8) is 0 Å². The molecule has 3 rings (SSSR count). The largest absolute Gasteiger partial charge is 0.317 e. The lowest BCUT2D eigenvalue weighted by Crippen LogP contribution is -2.34. The molecule has 3 heteroatoms. The minimum absolute atomic E-state index is 0. The monoisotopic (exact) mass is 266 g/mol. The van der Waals surface area contributed by atoms with Gasteiger partial charge in [-0.1, -0.05) is 24.3 Å². The van der Waals surface area contributed by atoms with Gasteiger partial charge in [-0.15, -0.1) is 12.4 Å². The van der Waals surface area contributed by atoms with E-state index in [1.54, 1.807) is 11.1 Å². The number of piperidine rings is 1. The van der Waals surface area contributed by atoms with Crippen molar-refractivity contribution >= 4 is 12.4 Å². The molecular formula is C15H23ClN2. The average Bonchev–Trinajstić information content (AvgIpc) is 2.81. The lowest BCUT2D eigenvalue weighted by atomic mass is 9.97. The summed E-state index contributed by atoms with van der Waals surface area (Å²) in [4.78, 5) is 0. The van der Waals surface area contributed by atoms with Crippen molar-refractivity contribution in [1.29, 1.82) is 0 Å². The van der Waals surface area contributed by atoms with Gasteiger partial charge in [0.1, 0.15) is 0 Å². The van der Waals surface area contributed by atoms with Crippen LogP contribution in [0, 0.1) is 5.92 Å². The molecule has 0 radical (unpaired) electrons. The second-order valence-corrected chi connectivity index (χ2v) is 5.39. The normalized spacial score (nSPS) is 23.4. The molecule has 2 nitrogen and oxygen atoms in total. The van der Waals surface area contributed by atoms with Crippen molar-refractivity contribution in [1.82, 2.24) is 10.6 Å². The number of benzene rings is 1. The zero-order valence-corrected chi connectivity index (χ0v) is 11.6. The molecule has 1 aromatic rings. The van der Waals surface area contributed by atoms with Gasteiger partial charge in [0.2, 0.25) is 0 Å². The molecule has 2 aliphatic rings. The predicted molar refractivity (Wildman–Crippen MR) is 78.3 cm³/mol. The Hall–Kier alpha value is -0.570. The van der Waals surface area contributed by atoms with Gasteiger partial charge in [0.25, 0.3) is 0 Å². The van der Waals surface area contributed by atoms with Crippen molar-refractivity contribution in [2.45, 2.75) is 31.7 Å². The molecule has 18 heavy (non-hydrogen) atoms. The van der Waals surface area contributed by atoms with Crippen molar-refractivity contribution in [2.75, 3.05) is 19.6 Å². The zero-order valence-electron chi connectivity index (χ0n) is 10.8. The number of halogens is 1. The zero-order chi connectivity index (χ0) is 11.5. The van der Waals surface area contributed by atoms with Crippen LogP contribution in [0.25, 0.3) is 0 Å². The van der Waals surface area contributed by atoms with Crippen molar-refractivity contribution in [3.8, 4) is 0 Å². The lowest BCUT2D eigenvalue weighted by Gasteiger charge is -2.25. The quantitative estimate of drug-likeness (QED) is 0.879. The Balaban J connectivity index is 0.00000120. The van der Waals surface area contributed by atoms with Crippen molar-refractivity contribution in [3.05, 3.63) is 35.4 Å². The van der Waals surface area contributed by atoms with Gasteiger partial charge in [-0.2, -0.15) is 0 Å². The van der Waals surface area contributed by atoms with E-state index >= 15 is 0 Å². The van der Waals surface area contributed by atoms with Gasteiger partial charge < -0.3 is 10.6 Å². The maximum atomic E-state index is 3.78. The minimum Gasteiger partial charge on any atom is -0.317 e. The van der Waals surface area contributed by atoms with E-state index in [0.717, 1.165) is 5.92 Å². The molecule has 1 atom stereocenters. The van der Waals surface area contributed by atoms with Crippen LogP contribution in [-0.4, -0.2) is 19.6 Å². The molecule has 1 aliphatic heterocycles. The summed E-state index contributed by atoms with van der Waals surface area (Å²) < 4.78 is 0. The fourth-order valence-corrected chi connectivity index (χ4v) is 3.16. The molecule has 1 heterocycles. The van der Waals surface area contributed by atoms with Gasteiger partial charge >= 0.3 is 0 Å². The van der Waals surface area contributed by atoms with Gasteiger partial charge in [-0.05, 0) is 62.4 Å². The summed E-state index contributed by atoms with van der Waals surface area (Å²) in [5.74, 6) is 0.879. The van der Waals surface area contributed by atoms with E-state index < -0.39 is 0 Å². The van der Waals surface area contributed by atoms with Gasteiger partial charge in [0, 0.05) is 6.04 Å². The van der Waals surface area contributed by atoms with E-state index in [9.17, 15) is 0 Å². The highest BCUT2D eigenvalue weighted by molar-refractivity contribution is 5.85. The second-order valence-electron chi connectivity index (χ2n) is 5.39. The Labute approximate surface area is 116 Å². The van der Waals surface area contributed by atoms with E-state index in [1.165, 1.54) is 45.3 Å². The third kappa shape index (κ3) is 3.05. The number of fused-ring (bicyclic) bond motifs is 1. The highest BCUT2D eigenvalue weighted by Crippen LogP contribution is 2.30. The second kappa shape index (κ2) is 6.55. The summed E-state index contributed by atoms with van der Waals surface area (Å²) >= 11 is 0. The van der Waals surface area contributed by atoms with Crippen LogP contribution in [-0.2, 0) is 6.42 Å². The SMILES string of the molecule is Cl.c1ccc2c(c1)CCC2NCC1CCNCC1. The Kier molecular flexibility index (Phi) is 5.04. The van der Waals surface area contributed by atoms with E-state index in [4.69, 9.17) is 0 Å². The van der Waals surface area contributed by atoms with E-state index in [-0.39, 0.29) is 12.4 Å². The van der Waals surface area contributed by atoms with E-state index in [2.05, 4.69) is 34.9 Å². The molecule has 1 fully saturated rings. The van der Waals surface area contributed by atoms with Crippen LogP contribution in [0.1, 0.15) is 36.4 Å². The first-order valence-electron chi connectivity index (χ1n) is 6.95. The van der Waals surface area contributed by atoms with Crippen molar-refractivity contribution in [2.24, 2.45) is 5.92 Å². The molecule has 1 saturated heterocycles. The fraction of sp³-hybridized carbons (Fsp3) is 0.600. The highest BCUT2D eigenvalue weighted by atomic mass is 35.5. The van der Waals surface area contributed by atoms with Crippen LogP contribution in [0.2, 0.25) is 0 Å². The standard InChI is InChI=1S/C15H22N2.ClH/c1-2-4-14-13(3-1)5-6-15(14)17-11-12-7-9-16-10-8-12;/h1-4,12,15-17H,5-11H2;1H. The summed E-state index contributed by atoms with van der Waals surface area (Å²) in [5.41, 5.74) is 3.09. The number of nitrogens with one attached hydrogen (secondary N) is 2. The number of hydrogen-bond acceptors (Lipinski definition) is 2. The highest BCUT2D eigenvalue weighted by Gasteiger charge is 2.22. The summed E-state index contributed by atoms with van der Waals surface area (Å²) in [7, 11) is 0. The maximum absolute atomic E-state index is 3.78. The Morgan fingerprint density at radius 1 is 1.11 bits per heavy atom. The van der Waals surface area contributed by atoms with Crippen LogP contribution >= 0.6 is 12.4 Å². The topological polar surface area (TPSA) is 24.1 Å². The van der Waals surface area contributed by atoms with E-state index in [1.807, 2.05) is 0 Å². The third-order valence-electron chi connectivity index (χ3n) is 4.24. The summed E-state index contributed by atoms with van der Waals surface area (Å²) in [6, 6.07) is 9.52. The van der Waals surface area contributed by atoms with Gasteiger partial charge in [-0.25, -0.2) is 0 Å². The predicted octanol–water partition coefficient (Wildman–Crippen LogP) is 2.68. The Morgan fingerprint density at radius 3 is 2.72 bits per heavy atom. The molecular weight excluding hydrogens is 244 g/mol. The number of rotatable bonds is 3. The third-order valence-corrected chi connectivity index (χ3v) is 4.24. The van der Waals surface area contributed by atoms with Crippen LogP contribution in [0.3, 0.4) is 0 Å². The molecule has 100 valence electrons.